The van der Waals surface area contributed by atoms with Gasteiger partial charge in [0.25, 0.3) is 5.91 Å². The summed E-state index contributed by atoms with van der Waals surface area (Å²) in [6, 6.07) is 7.76. The molecule has 1 saturated heterocycles. The normalized spacial score (nSPS) is 14.2. The zero-order chi connectivity index (χ0) is 11.4. The number of rotatable bonds is 2. The van der Waals surface area contributed by atoms with Crippen LogP contribution in [0.4, 0.5) is 5.69 Å². The number of nitrogens with one attached hydrogen (secondary N) is 2. The molecule has 1 heterocycles. The fraction of sp³-hybridized carbons (Fsp3) is 0.417. The minimum Gasteiger partial charge on any atom is -0.368 e. The predicted molar refractivity (Wildman–Crippen MR) is 79.4 cm³/mol. The van der Waals surface area contributed by atoms with Crippen LogP contribution in [0.15, 0.2) is 24.3 Å². The highest BCUT2D eigenvalue weighted by Crippen LogP contribution is 2.20. The second-order valence-corrected chi connectivity index (χ2v) is 3.83. The summed E-state index contributed by atoms with van der Waals surface area (Å²) in [5.74, 6) is -0.0193. The summed E-state index contributed by atoms with van der Waals surface area (Å²) in [7, 11) is 1.66. The van der Waals surface area contributed by atoms with Gasteiger partial charge in [-0.15, -0.1) is 24.8 Å². The number of hydrogen-bond acceptors (Lipinski definition) is 3. The highest BCUT2D eigenvalue weighted by Gasteiger charge is 2.16. The quantitative estimate of drug-likeness (QED) is 0.863. The average molecular weight is 292 g/mol. The Hall–Kier alpha value is -0.970. The highest BCUT2D eigenvalue weighted by atomic mass is 35.5. The van der Waals surface area contributed by atoms with Crippen LogP contribution in [0.3, 0.4) is 0 Å². The van der Waals surface area contributed by atoms with Gasteiger partial charge in [0.05, 0.1) is 5.56 Å². The lowest BCUT2D eigenvalue weighted by Crippen LogP contribution is -2.44. The fourth-order valence-electron chi connectivity index (χ4n) is 1.98. The maximum Gasteiger partial charge on any atom is 0.253 e. The molecule has 1 amide bonds. The summed E-state index contributed by atoms with van der Waals surface area (Å²) in [5.41, 5.74) is 1.79. The number of hydrogen-bond donors (Lipinski definition) is 2. The molecule has 1 aliphatic rings. The van der Waals surface area contributed by atoms with Crippen molar-refractivity contribution >= 4 is 36.4 Å². The molecule has 0 radical (unpaired) electrons. The van der Waals surface area contributed by atoms with E-state index in [1.807, 2.05) is 24.3 Å². The van der Waals surface area contributed by atoms with Crippen molar-refractivity contribution in [1.82, 2.24) is 10.6 Å². The molecule has 18 heavy (non-hydrogen) atoms. The van der Waals surface area contributed by atoms with E-state index >= 15 is 0 Å². The molecule has 6 heteroatoms. The number of nitrogens with zero attached hydrogens (tertiary/aromatic N) is 1. The van der Waals surface area contributed by atoms with E-state index < -0.39 is 0 Å². The Balaban J connectivity index is 0.00000144. The van der Waals surface area contributed by atoms with Gasteiger partial charge < -0.3 is 15.5 Å². The molecule has 0 saturated carbocycles. The van der Waals surface area contributed by atoms with E-state index in [0.29, 0.717) is 0 Å². The molecule has 0 aliphatic carbocycles. The molecule has 1 aromatic carbocycles. The fourth-order valence-corrected chi connectivity index (χ4v) is 1.98. The summed E-state index contributed by atoms with van der Waals surface area (Å²) in [6.07, 6.45) is 0. The molecule has 0 atom stereocenters. The number of carbonyl (C=O) groups is 1. The first-order valence-corrected chi connectivity index (χ1v) is 5.59. The molecule has 0 bridgehead atoms. The van der Waals surface area contributed by atoms with Gasteiger partial charge in [0, 0.05) is 38.9 Å². The number of para-hydroxylation sites is 1. The topological polar surface area (TPSA) is 44.4 Å². The second kappa shape index (κ2) is 8.19. The van der Waals surface area contributed by atoms with Crippen LogP contribution in [-0.4, -0.2) is 39.1 Å². The Morgan fingerprint density at radius 2 is 1.83 bits per heavy atom. The first-order chi connectivity index (χ1) is 7.83. The molecule has 0 aromatic heterocycles. The number of amides is 1. The Kier molecular flexibility index (Phi) is 7.75. The van der Waals surface area contributed by atoms with Crippen LogP contribution in [0, 0.1) is 0 Å². The predicted octanol–water partition coefficient (Wildman–Crippen LogP) is 1.30. The molecule has 1 aliphatic heterocycles. The van der Waals surface area contributed by atoms with Gasteiger partial charge >= 0.3 is 0 Å². The van der Waals surface area contributed by atoms with E-state index in [4.69, 9.17) is 0 Å². The Bertz CT molecular complexity index is 381. The van der Waals surface area contributed by atoms with Gasteiger partial charge in [-0.05, 0) is 12.1 Å². The van der Waals surface area contributed by atoms with Gasteiger partial charge in [-0.2, -0.15) is 0 Å². The molecule has 0 unspecified atom stereocenters. The molecular weight excluding hydrogens is 273 g/mol. The Morgan fingerprint density at radius 3 is 2.44 bits per heavy atom. The lowest BCUT2D eigenvalue weighted by atomic mass is 10.1. The SMILES string of the molecule is CNC(=O)c1ccccc1N1CCNCC1.Cl.Cl. The third kappa shape index (κ3) is 3.77. The highest BCUT2D eigenvalue weighted by molar-refractivity contribution is 5.99. The molecule has 1 aromatic rings. The molecule has 102 valence electrons. The van der Waals surface area contributed by atoms with Gasteiger partial charge in [-0.25, -0.2) is 0 Å². The standard InChI is InChI=1S/C12H17N3O.2ClH/c1-13-12(16)10-4-2-3-5-11(10)15-8-6-14-7-9-15;;/h2-5,14H,6-9H2,1H3,(H,13,16);2*1H. The Labute approximate surface area is 120 Å². The van der Waals surface area contributed by atoms with E-state index in [1.165, 1.54) is 0 Å². The van der Waals surface area contributed by atoms with Gasteiger partial charge in [-0.3, -0.25) is 4.79 Å². The smallest absolute Gasteiger partial charge is 0.253 e. The van der Waals surface area contributed by atoms with E-state index in [-0.39, 0.29) is 30.7 Å². The van der Waals surface area contributed by atoms with Crippen molar-refractivity contribution in [2.24, 2.45) is 0 Å². The summed E-state index contributed by atoms with van der Waals surface area (Å²) in [4.78, 5) is 14.0. The summed E-state index contributed by atoms with van der Waals surface area (Å²) >= 11 is 0. The lowest BCUT2D eigenvalue weighted by Gasteiger charge is -2.30. The number of piperazine rings is 1. The van der Waals surface area contributed by atoms with Crippen molar-refractivity contribution in [3.8, 4) is 0 Å². The maximum atomic E-state index is 11.7. The molecule has 2 rings (SSSR count). The minimum atomic E-state index is -0.0193. The van der Waals surface area contributed by atoms with Crippen molar-refractivity contribution < 1.29 is 4.79 Å². The van der Waals surface area contributed by atoms with Crippen LogP contribution in [-0.2, 0) is 0 Å². The van der Waals surface area contributed by atoms with Crippen molar-refractivity contribution in [2.45, 2.75) is 0 Å². The Morgan fingerprint density at radius 1 is 1.22 bits per heavy atom. The summed E-state index contributed by atoms with van der Waals surface area (Å²) in [6.45, 7) is 3.85. The summed E-state index contributed by atoms with van der Waals surface area (Å²) < 4.78 is 0. The first-order valence-electron chi connectivity index (χ1n) is 5.59. The third-order valence-electron chi connectivity index (χ3n) is 2.83. The van der Waals surface area contributed by atoms with Gasteiger partial charge in [-0.1, -0.05) is 12.1 Å². The van der Waals surface area contributed by atoms with E-state index in [9.17, 15) is 4.79 Å². The van der Waals surface area contributed by atoms with Crippen LogP contribution >= 0.6 is 24.8 Å². The molecular formula is C12H19Cl2N3O. The molecule has 4 nitrogen and oxygen atoms in total. The third-order valence-corrected chi connectivity index (χ3v) is 2.83. The number of carbonyl (C=O) groups excluding carboxylic acids is 1. The minimum absolute atomic E-state index is 0. The lowest BCUT2D eigenvalue weighted by molar-refractivity contribution is 0.0963. The second-order valence-electron chi connectivity index (χ2n) is 3.83. The van der Waals surface area contributed by atoms with E-state index in [0.717, 1.165) is 37.4 Å². The zero-order valence-electron chi connectivity index (χ0n) is 10.3. The van der Waals surface area contributed by atoms with Crippen LogP contribution in [0.2, 0.25) is 0 Å². The first kappa shape index (κ1) is 17.0. The molecule has 2 N–H and O–H groups in total. The monoisotopic (exact) mass is 291 g/mol. The van der Waals surface area contributed by atoms with Crippen molar-refractivity contribution in [3.63, 3.8) is 0 Å². The van der Waals surface area contributed by atoms with Crippen LogP contribution < -0.4 is 15.5 Å². The van der Waals surface area contributed by atoms with Gasteiger partial charge in [0.15, 0.2) is 0 Å². The summed E-state index contributed by atoms with van der Waals surface area (Å²) in [5, 5.41) is 5.98. The van der Waals surface area contributed by atoms with Crippen molar-refractivity contribution in [2.75, 3.05) is 38.1 Å². The largest absolute Gasteiger partial charge is 0.368 e. The van der Waals surface area contributed by atoms with Crippen LogP contribution in [0.1, 0.15) is 10.4 Å². The van der Waals surface area contributed by atoms with E-state index in [2.05, 4.69) is 15.5 Å². The van der Waals surface area contributed by atoms with Crippen LogP contribution in [0.25, 0.3) is 0 Å². The van der Waals surface area contributed by atoms with Crippen LogP contribution in [0.5, 0.6) is 0 Å². The number of anilines is 1. The zero-order valence-corrected chi connectivity index (χ0v) is 11.9. The number of halogens is 2. The van der Waals surface area contributed by atoms with Crippen molar-refractivity contribution in [1.29, 1.82) is 0 Å². The maximum absolute atomic E-state index is 11.7. The molecule has 1 fully saturated rings. The molecule has 0 spiro atoms. The van der Waals surface area contributed by atoms with Gasteiger partial charge in [0.1, 0.15) is 0 Å². The van der Waals surface area contributed by atoms with Crippen molar-refractivity contribution in [3.05, 3.63) is 29.8 Å². The van der Waals surface area contributed by atoms with E-state index in [1.54, 1.807) is 7.05 Å². The number of benzene rings is 1. The van der Waals surface area contributed by atoms with Gasteiger partial charge in [0.2, 0.25) is 0 Å². The average Bonchev–Trinajstić information content (AvgIpc) is 2.39.